The van der Waals surface area contributed by atoms with Gasteiger partial charge < -0.3 is 9.73 Å². The predicted molar refractivity (Wildman–Crippen MR) is 121 cm³/mol. The summed E-state index contributed by atoms with van der Waals surface area (Å²) in [5.41, 5.74) is 3.07. The van der Waals surface area contributed by atoms with E-state index in [4.69, 9.17) is 4.42 Å². The fourth-order valence-corrected chi connectivity index (χ4v) is 4.72. The predicted octanol–water partition coefficient (Wildman–Crippen LogP) is 5.68. The van der Waals surface area contributed by atoms with Crippen LogP contribution in [0.25, 0.3) is 42.9 Å². The highest BCUT2D eigenvalue weighted by Crippen LogP contribution is 2.37. The number of anilines is 1. The van der Waals surface area contributed by atoms with Gasteiger partial charge in [-0.15, -0.1) is 11.3 Å². The molecule has 31 heavy (non-hydrogen) atoms. The van der Waals surface area contributed by atoms with E-state index in [1.54, 1.807) is 35.9 Å². The number of carbonyl (C=O) groups excluding carboxylic acids is 1. The molecular formula is C23H15N5O2S. The van der Waals surface area contributed by atoms with Crippen molar-refractivity contribution in [2.45, 2.75) is 0 Å². The van der Waals surface area contributed by atoms with Crippen molar-refractivity contribution in [2.75, 3.05) is 5.32 Å². The maximum absolute atomic E-state index is 13.0. The van der Waals surface area contributed by atoms with Crippen LogP contribution in [0.2, 0.25) is 0 Å². The van der Waals surface area contributed by atoms with Crippen LogP contribution in [0.4, 0.5) is 5.82 Å². The SMILES string of the molecule is O=C(Nc1cc(-c2ccco2)[nH]n1)c1cc(-c2cc3ccccc3s2)c2[nH]ncc2c1. The second-order valence-corrected chi connectivity index (χ2v) is 8.19. The van der Waals surface area contributed by atoms with E-state index >= 15 is 0 Å². The fraction of sp³-hybridized carbons (Fsp3) is 0. The Kier molecular flexibility index (Phi) is 3.97. The first-order chi connectivity index (χ1) is 15.2. The standard InChI is InChI=1S/C23H15N5O2S/c29-23(25-21-11-17(26-27-21)18-5-3-7-30-18)14-8-15-12-24-28-22(15)16(9-14)20-10-13-4-1-2-6-19(13)31-20/h1-12H,(H,24,28)(H2,25,26,27,29). The molecule has 0 aliphatic carbocycles. The number of furan rings is 1. The number of aromatic amines is 2. The van der Waals surface area contributed by atoms with Crippen molar-refractivity contribution in [2.24, 2.45) is 0 Å². The highest BCUT2D eigenvalue weighted by Gasteiger charge is 2.16. The molecule has 0 radical (unpaired) electrons. The molecule has 0 bridgehead atoms. The highest BCUT2D eigenvalue weighted by atomic mass is 32.1. The van der Waals surface area contributed by atoms with Crippen molar-refractivity contribution in [3.63, 3.8) is 0 Å². The zero-order valence-corrected chi connectivity index (χ0v) is 16.9. The van der Waals surface area contributed by atoms with Crippen molar-refractivity contribution in [3.8, 4) is 21.9 Å². The number of benzene rings is 2. The van der Waals surface area contributed by atoms with Gasteiger partial charge in [-0.1, -0.05) is 18.2 Å². The van der Waals surface area contributed by atoms with Gasteiger partial charge in [0.25, 0.3) is 5.91 Å². The van der Waals surface area contributed by atoms with Gasteiger partial charge in [0.1, 0.15) is 5.69 Å². The number of nitrogens with one attached hydrogen (secondary N) is 3. The van der Waals surface area contributed by atoms with Crippen molar-refractivity contribution < 1.29 is 9.21 Å². The van der Waals surface area contributed by atoms with E-state index < -0.39 is 0 Å². The third-order valence-corrected chi connectivity index (χ3v) is 6.26. The fourth-order valence-electron chi connectivity index (χ4n) is 3.63. The number of H-pyrrole nitrogens is 2. The zero-order chi connectivity index (χ0) is 20.8. The Hall–Kier alpha value is -4.17. The lowest BCUT2D eigenvalue weighted by molar-refractivity contribution is 0.102. The van der Waals surface area contributed by atoms with Gasteiger partial charge in [-0.3, -0.25) is 15.0 Å². The number of hydrogen-bond acceptors (Lipinski definition) is 5. The second kappa shape index (κ2) is 6.96. The maximum atomic E-state index is 13.0. The normalized spacial score (nSPS) is 11.4. The van der Waals surface area contributed by atoms with Crippen LogP contribution in [0.15, 0.2) is 77.5 Å². The quantitative estimate of drug-likeness (QED) is 0.338. The molecule has 0 fully saturated rings. The molecule has 4 aromatic heterocycles. The Balaban J connectivity index is 1.37. The van der Waals surface area contributed by atoms with E-state index in [1.165, 1.54) is 10.1 Å². The van der Waals surface area contributed by atoms with Crippen molar-refractivity contribution in [1.29, 1.82) is 0 Å². The molecule has 3 N–H and O–H groups in total. The molecule has 0 saturated heterocycles. The average Bonchev–Trinajstić information content (AvgIpc) is 3.58. The molecule has 0 atom stereocenters. The largest absolute Gasteiger partial charge is 0.463 e. The third kappa shape index (κ3) is 3.10. The van der Waals surface area contributed by atoms with Crippen molar-refractivity contribution in [3.05, 3.63) is 78.7 Å². The third-order valence-electron chi connectivity index (χ3n) is 5.11. The molecule has 7 nitrogen and oxygen atoms in total. The number of amides is 1. The number of nitrogens with zero attached hydrogens (tertiary/aromatic N) is 2. The lowest BCUT2D eigenvalue weighted by Crippen LogP contribution is -2.12. The molecule has 0 aliphatic heterocycles. The summed E-state index contributed by atoms with van der Waals surface area (Å²) in [6.45, 7) is 0. The molecule has 0 unspecified atom stereocenters. The molecule has 6 aromatic rings. The van der Waals surface area contributed by atoms with Gasteiger partial charge in [-0.05, 0) is 41.8 Å². The Bertz CT molecular complexity index is 1510. The molecule has 2 aromatic carbocycles. The van der Waals surface area contributed by atoms with Crippen LogP contribution >= 0.6 is 11.3 Å². The van der Waals surface area contributed by atoms with Crippen LogP contribution in [0.1, 0.15) is 10.4 Å². The number of rotatable bonds is 4. The number of aromatic nitrogens is 4. The number of fused-ring (bicyclic) bond motifs is 2. The summed E-state index contributed by atoms with van der Waals surface area (Å²) in [4.78, 5) is 14.1. The monoisotopic (exact) mass is 425 g/mol. The number of carbonyl (C=O) groups is 1. The lowest BCUT2D eigenvalue weighted by atomic mass is 10.0. The van der Waals surface area contributed by atoms with Crippen LogP contribution in [0.3, 0.4) is 0 Å². The summed E-state index contributed by atoms with van der Waals surface area (Å²) in [7, 11) is 0. The first kappa shape index (κ1) is 17.7. The maximum Gasteiger partial charge on any atom is 0.256 e. The lowest BCUT2D eigenvalue weighted by Gasteiger charge is -2.06. The van der Waals surface area contributed by atoms with Crippen LogP contribution < -0.4 is 5.32 Å². The molecule has 150 valence electrons. The van der Waals surface area contributed by atoms with Crippen LogP contribution in [0, 0.1) is 0 Å². The summed E-state index contributed by atoms with van der Waals surface area (Å²) in [5, 5.41) is 19.2. The number of thiophene rings is 1. The van der Waals surface area contributed by atoms with E-state index in [1.807, 2.05) is 30.3 Å². The van der Waals surface area contributed by atoms with Gasteiger partial charge in [0, 0.05) is 32.2 Å². The molecule has 0 spiro atoms. The van der Waals surface area contributed by atoms with Crippen molar-refractivity contribution >= 4 is 44.1 Å². The van der Waals surface area contributed by atoms with Crippen molar-refractivity contribution in [1.82, 2.24) is 20.4 Å². The molecule has 0 saturated carbocycles. The van der Waals surface area contributed by atoms with Gasteiger partial charge in [0.15, 0.2) is 11.6 Å². The van der Waals surface area contributed by atoms with Crippen LogP contribution in [-0.4, -0.2) is 26.3 Å². The molecule has 1 amide bonds. The summed E-state index contributed by atoms with van der Waals surface area (Å²) in [6, 6.07) is 19.4. The summed E-state index contributed by atoms with van der Waals surface area (Å²) in [6.07, 6.45) is 3.32. The minimum Gasteiger partial charge on any atom is -0.463 e. The molecule has 0 aliphatic rings. The minimum absolute atomic E-state index is 0.247. The Morgan fingerprint density at radius 1 is 1.00 bits per heavy atom. The smallest absolute Gasteiger partial charge is 0.256 e. The highest BCUT2D eigenvalue weighted by molar-refractivity contribution is 7.22. The van der Waals surface area contributed by atoms with Crippen LogP contribution in [0.5, 0.6) is 0 Å². The Morgan fingerprint density at radius 3 is 2.81 bits per heavy atom. The van der Waals surface area contributed by atoms with Gasteiger partial charge in [0.2, 0.25) is 0 Å². The molecule has 4 heterocycles. The van der Waals surface area contributed by atoms with E-state index in [9.17, 15) is 4.79 Å². The summed E-state index contributed by atoms with van der Waals surface area (Å²) in [5.74, 6) is 0.829. The van der Waals surface area contributed by atoms with E-state index in [2.05, 4.69) is 43.9 Å². The molecule has 8 heteroatoms. The summed E-state index contributed by atoms with van der Waals surface area (Å²) < 4.78 is 6.55. The van der Waals surface area contributed by atoms with Gasteiger partial charge in [-0.2, -0.15) is 10.2 Å². The Morgan fingerprint density at radius 2 is 1.94 bits per heavy atom. The summed E-state index contributed by atoms with van der Waals surface area (Å²) >= 11 is 1.69. The van der Waals surface area contributed by atoms with Crippen LogP contribution in [-0.2, 0) is 0 Å². The van der Waals surface area contributed by atoms with E-state index in [0.717, 1.165) is 21.3 Å². The first-order valence-corrected chi connectivity index (χ1v) is 10.4. The topological polar surface area (TPSA) is 99.6 Å². The molecule has 6 rings (SSSR count). The first-order valence-electron chi connectivity index (χ1n) is 9.61. The van der Waals surface area contributed by atoms with E-state index in [0.29, 0.717) is 22.8 Å². The second-order valence-electron chi connectivity index (χ2n) is 7.10. The number of hydrogen-bond donors (Lipinski definition) is 3. The average molecular weight is 425 g/mol. The zero-order valence-electron chi connectivity index (χ0n) is 16.0. The minimum atomic E-state index is -0.247. The van der Waals surface area contributed by atoms with Gasteiger partial charge in [0.05, 0.1) is 18.0 Å². The Labute approximate surface area is 179 Å². The molecular weight excluding hydrogens is 410 g/mol. The van der Waals surface area contributed by atoms with E-state index in [-0.39, 0.29) is 5.91 Å². The van der Waals surface area contributed by atoms with Gasteiger partial charge in [-0.25, -0.2) is 0 Å². The van der Waals surface area contributed by atoms with Gasteiger partial charge >= 0.3 is 0 Å².